The van der Waals surface area contributed by atoms with E-state index in [9.17, 15) is 9.18 Å². The van der Waals surface area contributed by atoms with Crippen molar-refractivity contribution in [2.75, 3.05) is 26.1 Å². The Morgan fingerprint density at radius 3 is 2.44 bits per heavy atom. The molecule has 0 unspecified atom stereocenters. The zero-order valence-electron chi connectivity index (χ0n) is 20.5. The van der Waals surface area contributed by atoms with Crippen LogP contribution in [0.1, 0.15) is 24.2 Å². The number of nitrogens with zero attached hydrogens (tertiary/aromatic N) is 3. The summed E-state index contributed by atoms with van der Waals surface area (Å²) in [6.07, 6.45) is 0. The molecule has 0 fully saturated rings. The zero-order chi connectivity index (χ0) is 25.7. The Bertz CT molecular complexity index is 1350. The molecule has 1 aromatic heterocycles. The van der Waals surface area contributed by atoms with Gasteiger partial charge in [0, 0.05) is 11.8 Å². The Kier molecular flexibility index (Phi) is 7.48. The van der Waals surface area contributed by atoms with E-state index < -0.39 is 5.82 Å². The molecule has 4 aromatic rings. The largest absolute Gasteiger partial charge is 0.497 e. The number of ether oxygens (including phenoxy) is 3. The van der Waals surface area contributed by atoms with E-state index in [0.717, 1.165) is 0 Å². The molecule has 186 valence electrons. The molecule has 0 radical (unpaired) electrons. The van der Waals surface area contributed by atoms with E-state index in [1.807, 2.05) is 13.8 Å². The monoisotopic (exact) mass is 490 g/mol. The highest BCUT2D eigenvalue weighted by molar-refractivity contribution is 6.06. The molecule has 0 spiro atoms. The van der Waals surface area contributed by atoms with E-state index in [1.165, 1.54) is 17.9 Å². The molecule has 36 heavy (non-hydrogen) atoms. The van der Waals surface area contributed by atoms with Crippen LogP contribution < -0.4 is 19.5 Å². The van der Waals surface area contributed by atoms with Crippen LogP contribution in [-0.2, 0) is 0 Å². The van der Waals surface area contributed by atoms with Gasteiger partial charge in [0.1, 0.15) is 17.3 Å². The number of anilines is 1. The maximum Gasteiger partial charge on any atom is 0.336 e. The fraction of sp³-hybridized carbons (Fsp3) is 0.222. The molecule has 0 aliphatic rings. The van der Waals surface area contributed by atoms with Gasteiger partial charge in [-0.2, -0.15) is 4.98 Å². The molecular weight excluding hydrogens is 463 g/mol. The summed E-state index contributed by atoms with van der Waals surface area (Å²) in [5.41, 5.74) is 1.85. The van der Waals surface area contributed by atoms with E-state index in [0.29, 0.717) is 46.4 Å². The van der Waals surface area contributed by atoms with Crippen molar-refractivity contribution in [2.45, 2.75) is 13.8 Å². The van der Waals surface area contributed by atoms with E-state index in [-0.39, 0.29) is 17.8 Å². The maximum absolute atomic E-state index is 14.6. The smallest absolute Gasteiger partial charge is 0.336 e. The van der Waals surface area contributed by atoms with Crippen LogP contribution in [-0.4, -0.2) is 41.5 Å². The van der Waals surface area contributed by atoms with Crippen molar-refractivity contribution in [3.05, 3.63) is 78.1 Å². The molecule has 3 aromatic carbocycles. The minimum atomic E-state index is -0.418. The van der Waals surface area contributed by atoms with Crippen LogP contribution in [0.2, 0.25) is 0 Å². The number of methoxy groups -OCH3 is 2. The average Bonchev–Trinajstić information content (AvgIpc) is 3.31. The van der Waals surface area contributed by atoms with Crippen LogP contribution in [0, 0.1) is 11.7 Å². The Balaban J connectivity index is 1.61. The standard InChI is InChI=1S/C27H27FN4O4/c1-17(2)16-36-27-30-25(21-7-5-6-8-23(21)28)32(31-27)19-11-9-18(10-12-19)29-26(33)22-14-13-20(34-3)15-24(22)35-4/h5-15,17H,16H2,1-4H3,(H,29,33). The summed E-state index contributed by atoms with van der Waals surface area (Å²) in [6, 6.07) is 18.5. The number of rotatable bonds is 9. The lowest BCUT2D eigenvalue weighted by atomic mass is 10.1. The summed E-state index contributed by atoms with van der Waals surface area (Å²) in [4.78, 5) is 17.3. The van der Waals surface area contributed by atoms with Crippen molar-refractivity contribution >= 4 is 11.6 Å². The quantitative estimate of drug-likeness (QED) is 0.339. The highest BCUT2D eigenvalue weighted by atomic mass is 19.1. The van der Waals surface area contributed by atoms with Gasteiger partial charge >= 0.3 is 6.01 Å². The lowest BCUT2D eigenvalue weighted by Crippen LogP contribution is -2.13. The molecule has 0 saturated carbocycles. The van der Waals surface area contributed by atoms with Crippen LogP contribution in [0.3, 0.4) is 0 Å². The Labute approximate surface area is 208 Å². The van der Waals surface area contributed by atoms with Crippen LogP contribution in [0.4, 0.5) is 10.1 Å². The van der Waals surface area contributed by atoms with Crippen LogP contribution >= 0.6 is 0 Å². The topological polar surface area (TPSA) is 87.5 Å². The second-order valence-corrected chi connectivity index (χ2v) is 8.38. The number of hydrogen-bond acceptors (Lipinski definition) is 6. The third kappa shape index (κ3) is 5.46. The highest BCUT2D eigenvalue weighted by Gasteiger charge is 2.18. The Morgan fingerprint density at radius 2 is 1.78 bits per heavy atom. The highest BCUT2D eigenvalue weighted by Crippen LogP contribution is 2.28. The van der Waals surface area contributed by atoms with Crippen LogP contribution in [0.5, 0.6) is 17.5 Å². The lowest BCUT2D eigenvalue weighted by Gasteiger charge is -2.11. The maximum atomic E-state index is 14.6. The van der Waals surface area contributed by atoms with Gasteiger partial charge in [0.15, 0.2) is 5.82 Å². The van der Waals surface area contributed by atoms with Gasteiger partial charge in [0.25, 0.3) is 5.91 Å². The predicted octanol–water partition coefficient (Wildman–Crippen LogP) is 5.38. The molecule has 1 N–H and O–H groups in total. The summed E-state index contributed by atoms with van der Waals surface area (Å²) >= 11 is 0. The van der Waals surface area contributed by atoms with Crippen molar-refractivity contribution in [2.24, 2.45) is 5.92 Å². The van der Waals surface area contributed by atoms with Crippen molar-refractivity contribution in [1.29, 1.82) is 0 Å². The normalized spacial score (nSPS) is 10.8. The Morgan fingerprint density at radius 1 is 1.03 bits per heavy atom. The summed E-state index contributed by atoms with van der Waals surface area (Å²) in [5.74, 6) is 0.823. The second kappa shape index (κ2) is 10.9. The van der Waals surface area contributed by atoms with Gasteiger partial charge in [0.05, 0.1) is 37.6 Å². The molecule has 0 aliphatic carbocycles. The van der Waals surface area contributed by atoms with E-state index >= 15 is 0 Å². The van der Waals surface area contributed by atoms with Crippen molar-refractivity contribution < 1.29 is 23.4 Å². The molecule has 8 nitrogen and oxygen atoms in total. The van der Waals surface area contributed by atoms with E-state index in [2.05, 4.69) is 15.4 Å². The molecule has 1 amide bonds. The molecule has 9 heteroatoms. The van der Waals surface area contributed by atoms with Crippen molar-refractivity contribution in [3.63, 3.8) is 0 Å². The van der Waals surface area contributed by atoms with E-state index in [4.69, 9.17) is 14.2 Å². The van der Waals surface area contributed by atoms with Gasteiger partial charge in [-0.05, 0) is 54.4 Å². The number of aromatic nitrogens is 3. The SMILES string of the molecule is COc1ccc(C(=O)Nc2ccc(-n3nc(OCC(C)C)nc3-c3ccccc3F)cc2)c(OC)c1. The minimum absolute atomic E-state index is 0.158. The lowest BCUT2D eigenvalue weighted by molar-refractivity contribution is 0.102. The molecule has 4 rings (SSSR count). The summed E-state index contributed by atoms with van der Waals surface area (Å²) in [7, 11) is 3.03. The number of amides is 1. The molecule has 1 heterocycles. The molecule has 0 saturated heterocycles. The zero-order valence-corrected chi connectivity index (χ0v) is 20.5. The number of hydrogen-bond donors (Lipinski definition) is 1. The number of nitrogens with one attached hydrogen (secondary N) is 1. The first-order chi connectivity index (χ1) is 17.4. The number of carbonyl (C=O) groups excluding carboxylic acids is 1. The van der Waals surface area contributed by atoms with Crippen LogP contribution in [0.15, 0.2) is 66.7 Å². The second-order valence-electron chi connectivity index (χ2n) is 8.38. The number of benzene rings is 3. The molecule has 0 atom stereocenters. The van der Waals surface area contributed by atoms with Crippen molar-refractivity contribution in [1.82, 2.24) is 14.8 Å². The summed E-state index contributed by atoms with van der Waals surface area (Å²) in [6.45, 7) is 4.47. The van der Waals surface area contributed by atoms with Crippen molar-refractivity contribution in [3.8, 4) is 34.6 Å². The van der Waals surface area contributed by atoms with Gasteiger partial charge in [-0.15, -0.1) is 5.10 Å². The predicted molar refractivity (Wildman–Crippen MR) is 135 cm³/mol. The van der Waals surface area contributed by atoms with Gasteiger partial charge in [-0.1, -0.05) is 26.0 Å². The molecular formula is C27H27FN4O4. The first kappa shape index (κ1) is 24.7. The summed E-state index contributed by atoms with van der Waals surface area (Å²) in [5, 5.41) is 7.30. The molecule has 0 aliphatic heterocycles. The first-order valence-corrected chi connectivity index (χ1v) is 11.4. The van der Waals surface area contributed by atoms with Gasteiger partial charge in [-0.25, -0.2) is 9.07 Å². The third-order valence-electron chi connectivity index (χ3n) is 5.27. The average molecular weight is 491 g/mol. The number of halogens is 1. The van der Waals surface area contributed by atoms with Crippen LogP contribution in [0.25, 0.3) is 17.1 Å². The Hall–Kier alpha value is -4.40. The summed E-state index contributed by atoms with van der Waals surface area (Å²) < 4.78 is 32.3. The minimum Gasteiger partial charge on any atom is -0.497 e. The first-order valence-electron chi connectivity index (χ1n) is 11.4. The van der Waals surface area contributed by atoms with Gasteiger partial charge in [0.2, 0.25) is 0 Å². The third-order valence-corrected chi connectivity index (χ3v) is 5.27. The van der Waals surface area contributed by atoms with E-state index in [1.54, 1.807) is 67.8 Å². The number of carbonyl (C=O) groups is 1. The molecule has 0 bridgehead atoms. The fourth-order valence-electron chi connectivity index (χ4n) is 3.46. The van der Waals surface area contributed by atoms with Gasteiger partial charge < -0.3 is 19.5 Å². The van der Waals surface area contributed by atoms with Gasteiger partial charge in [-0.3, -0.25) is 4.79 Å². The fourth-order valence-corrected chi connectivity index (χ4v) is 3.46.